The van der Waals surface area contributed by atoms with Gasteiger partial charge in [-0.1, -0.05) is 0 Å². The number of fused-ring (bicyclic) bond motifs is 1. The number of halogens is 1. The molecule has 0 fully saturated rings. The molecule has 0 spiro atoms. The molecule has 1 aliphatic rings. The van der Waals surface area contributed by atoms with Crippen molar-refractivity contribution in [3.63, 3.8) is 0 Å². The van der Waals surface area contributed by atoms with E-state index in [9.17, 15) is 27.2 Å². The van der Waals surface area contributed by atoms with Crippen molar-refractivity contribution in [1.82, 2.24) is 14.8 Å². The molecule has 0 saturated heterocycles. The molecule has 1 atom stereocenters. The van der Waals surface area contributed by atoms with Gasteiger partial charge in [-0.15, -0.1) is 0 Å². The first-order valence-corrected chi connectivity index (χ1v) is 12.9. The Kier molecular flexibility index (Phi) is 7.94. The highest BCUT2D eigenvalue weighted by molar-refractivity contribution is 7.90. The van der Waals surface area contributed by atoms with Gasteiger partial charge in [0.05, 0.1) is 54.6 Å². The molecule has 13 heteroatoms. The summed E-state index contributed by atoms with van der Waals surface area (Å²) in [6.07, 6.45) is 0.943. The van der Waals surface area contributed by atoms with Crippen LogP contribution < -0.4 is 14.8 Å². The number of ether oxygens (including phenoxy) is 2. The van der Waals surface area contributed by atoms with Gasteiger partial charge >= 0.3 is 0 Å². The standard InChI is InChI=1S/C23H27FN4O7S/c1-6-35-21-17(34-4)10-9-14(26-21)16(12-36(5,32)33)28-22(30)19-13(24)7-8-15(20(19)23(28)31)25-18(29)11-27(2)3/h7-10,16H,6,11-12H2,1-5H3,(H,25,29)/t16-/m0/s1. The van der Waals surface area contributed by atoms with Gasteiger partial charge in [0.2, 0.25) is 5.91 Å². The van der Waals surface area contributed by atoms with Gasteiger partial charge in [-0.2, -0.15) is 0 Å². The number of benzene rings is 1. The lowest BCUT2D eigenvalue weighted by Crippen LogP contribution is -2.38. The fourth-order valence-corrected chi connectivity index (χ4v) is 4.70. The van der Waals surface area contributed by atoms with Crippen LogP contribution in [0.4, 0.5) is 10.1 Å². The predicted molar refractivity (Wildman–Crippen MR) is 128 cm³/mol. The van der Waals surface area contributed by atoms with E-state index in [0.29, 0.717) is 4.90 Å². The Morgan fingerprint density at radius 3 is 2.42 bits per heavy atom. The van der Waals surface area contributed by atoms with Crippen molar-refractivity contribution in [2.75, 3.05) is 51.7 Å². The Morgan fingerprint density at radius 1 is 1.17 bits per heavy atom. The molecule has 11 nitrogen and oxygen atoms in total. The van der Waals surface area contributed by atoms with Crippen LogP contribution in [-0.2, 0) is 14.6 Å². The average Bonchev–Trinajstić information content (AvgIpc) is 3.04. The zero-order valence-corrected chi connectivity index (χ0v) is 21.3. The van der Waals surface area contributed by atoms with Crippen LogP contribution in [0.1, 0.15) is 39.4 Å². The van der Waals surface area contributed by atoms with Crippen molar-refractivity contribution >= 4 is 33.2 Å². The van der Waals surface area contributed by atoms with Crippen LogP contribution in [0, 0.1) is 5.82 Å². The molecule has 0 unspecified atom stereocenters. The van der Waals surface area contributed by atoms with E-state index >= 15 is 0 Å². The lowest BCUT2D eigenvalue weighted by molar-refractivity contribution is -0.116. The summed E-state index contributed by atoms with van der Waals surface area (Å²) < 4.78 is 50.1. The Balaban J connectivity index is 2.12. The highest BCUT2D eigenvalue weighted by Crippen LogP contribution is 2.38. The minimum absolute atomic E-state index is 0.0231. The van der Waals surface area contributed by atoms with Crippen LogP contribution >= 0.6 is 0 Å². The number of amides is 3. The number of carbonyl (C=O) groups is 3. The fraction of sp³-hybridized carbons (Fsp3) is 0.391. The minimum Gasteiger partial charge on any atom is -0.491 e. The molecule has 1 aliphatic heterocycles. The third-order valence-corrected chi connectivity index (χ3v) is 6.14. The zero-order valence-electron chi connectivity index (χ0n) is 20.5. The van der Waals surface area contributed by atoms with E-state index in [-0.39, 0.29) is 41.7 Å². The van der Waals surface area contributed by atoms with Gasteiger partial charge in [0, 0.05) is 6.26 Å². The first-order valence-electron chi connectivity index (χ1n) is 10.9. The molecular weight excluding hydrogens is 495 g/mol. The van der Waals surface area contributed by atoms with Gasteiger partial charge in [-0.25, -0.2) is 17.8 Å². The zero-order chi connectivity index (χ0) is 26.8. The largest absolute Gasteiger partial charge is 0.491 e. The molecule has 36 heavy (non-hydrogen) atoms. The molecule has 2 heterocycles. The first-order chi connectivity index (χ1) is 16.9. The lowest BCUT2D eigenvalue weighted by Gasteiger charge is -2.26. The SMILES string of the molecule is CCOc1nc([C@H](CS(C)(=O)=O)N2C(=O)c3c(F)ccc(NC(=O)CN(C)C)c3C2=O)ccc1OC. The van der Waals surface area contributed by atoms with Crippen molar-refractivity contribution in [3.05, 3.63) is 46.9 Å². The van der Waals surface area contributed by atoms with E-state index in [4.69, 9.17) is 9.47 Å². The lowest BCUT2D eigenvalue weighted by atomic mass is 10.1. The molecule has 0 saturated carbocycles. The number of nitrogens with one attached hydrogen (secondary N) is 1. The third kappa shape index (κ3) is 5.62. The van der Waals surface area contributed by atoms with E-state index in [0.717, 1.165) is 12.3 Å². The molecule has 0 aliphatic carbocycles. The summed E-state index contributed by atoms with van der Waals surface area (Å²) in [6, 6.07) is 3.61. The Morgan fingerprint density at radius 2 is 1.83 bits per heavy atom. The van der Waals surface area contributed by atoms with Crippen molar-refractivity contribution in [3.8, 4) is 11.6 Å². The van der Waals surface area contributed by atoms with E-state index in [1.54, 1.807) is 25.9 Å². The molecule has 3 rings (SSSR count). The molecular formula is C23H27FN4O7S. The molecule has 3 amide bonds. The number of likely N-dealkylation sites (N-methyl/N-ethyl adjacent to an activating group) is 1. The number of nitrogens with zero attached hydrogens (tertiary/aromatic N) is 3. The van der Waals surface area contributed by atoms with Crippen LogP contribution in [0.3, 0.4) is 0 Å². The number of aromatic nitrogens is 1. The third-order valence-electron chi connectivity index (χ3n) is 5.22. The summed E-state index contributed by atoms with van der Waals surface area (Å²) in [5, 5.41) is 2.52. The summed E-state index contributed by atoms with van der Waals surface area (Å²) >= 11 is 0. The van der Waals surface area contributed by atoms with Gasteiger partial charge in [0.25, 0.3) is 17.7 Å². The number of carbonyl (C=O) groups excluding carboxylic acids is 3. The van der Waals surface area contributed by atoms with Crippen LogP contribution in [0.15, 0.2) is 24.3 Å². The summed E-state index contributed by atoms with van der Waals surface area (Å²) in [5.41, 5.74) is -0.948. The maximum atomic E-state index is 14.8. The highest BCUT2D eigenvalue weighted by atomic mass is 32.2. The Bertz CT molecular complexity index is 1310. The van der Waals surface area contributed by atoms with Crippen molar-refractivity contribution in [2.45, 2.75) is 13.0 Å². The topological polar surface area (TPSA) is 135 Å². The predicted octanol–water partition coefficient (Wildman–Crippen LogP) is 1.51. The van der Waals surface area contributed by atoms with Crippen molar-refractivity contribution in [1.29, 1.82) is 0 Å². The van der Waals surface area contributed by atoms with E-state index in [1.807, 2.05) is 0 Å². The van der Waals surface area contributed by atoms with Gasteiger partial charge in [0.15, 0.2) is 5.75 Å². The van der Waals surface area contributed by atoms with Gasteiger partial charge < -0.3 is 19.7 Å². The number of pyridine rings is 1. The second-order valence-electron chi connectivity index (χ2n) is 8.40. The van der Waals surface area contributed by atoms with Crippen LogP contribution in [0.2, 0.25) is 0 Å². The molecule has 0 bridgehead atoms. The Hall–Kier alpha value is -3.58. The highest BCUT2D eigenvalue weighted by Gasteiger charge is 2.45. The Labute approximate surface area is 208 Å². The average molecular weight is 523 g/mol. The summed E-state index contributed by atoms with van der Waals surface area (Å²) in [6.45, 7) is 1.91. The fourth-order valence-electron chi connectivity index (χ4n) is 3.81. The number of rotatable bonds is 10. The maximum Gasteiger partial charge on any atom is 0.265 e. The number of methoxy groups -OCH3 is 1. The van der Waals surface area contributed by atoms with Gasteiger partial charge in [0.1, 0.15) is 15.7 Å². The van der Waals surface area contributed by atoms with E-state index in [1.165, 1.54) is 25.3 Å². The number of hydrogen-bond donors (Lipinski definition) is 1. The number of hydrogen-bond acceptors (Lipinski definition) is 9. The maximum absolute atomic E-state index is 14.8. The van der Waals surface area contributed by atoms with Crippen LogP contribution in [-0.4, -0.2) is 87.3 Å². The summed E-state index contributed by atoms with van der Waals surface area (Å²) in [4.78, 5) is 45.7. The van der Waals surface area contributed by atoms with Crippen molar-refractivity contribution < 1.29 is 36.7 Å². The number of sulfone groups is 1. The van der Waals surface area contributed by atoms with Gasteiger partial charge in [-0.05, 0) is 45.3 Å². The first kappa shape index (κ1) is 27.0. The number of imide groups is 1. The smallest absolute Gasteiger partial charge is 0.265 e. The molecule has 1 aromatic carbocycles. The summed E-state index contributed by atoms with van der Waals surface area (Å²) in [7, 11) is 0.963. The van der Waals surface area contributed by atoms with E-state index < -0.39 is 50.7 Å². The normalized spacial score (nSPS) is 14.1. The minimum atomic E-state index is -3.76. The monoisotopic (exact) mass is 522 g/mol. The quantitative estimate of drug-likeness (QED) is 0.461. The van der Waals surface area contributed by atoms with Crippen molar-refractivity contribution in [2.24, 2.45) is 0 Å². The second kappa shape index (κ2) is 10.6. The molecule has 194 valence electrons. The molecule has 1 N–H and O–H groups in total. The van der Waals surface area contributed by atoms with Crippen LogP contribution in [0.25, 0.3) is 0 Å². The molecule has 2 aromatic rings. The molecule has 1 aromatic heterocycles. The summed E-state index contributed by atoms with van der Waals surface area (Å²) in [5.74, 6) is -3.84. The number of anilines is 1. The molecule has 0 radical (unpaired) electrons. The second-order valence-corrected chi connectivity index (χ2v) is 10.6. The van der Waals surface area contributed by atoms with E-state index in [2.05, 4.69) is 10.3 Å². The van der Waals surface area contributed by atoms with Gasteiger partial charge in [-0.3, -0.25) is 19.3 Å². The van der Waals surface area contributed by atoms with Crippen LogP contribution in [0.5, 0.6) is 11.6 Å².